The molecular formula is C78H90. The maximum Gasteiger partial charge on any atom is -0.00925 e. The van der Waals surface area contributed by atoms with Gasteiger partial charge in [0.25, 0.3) is 0 Å². The Morgan fingerprint density at radius 3 is 0.705 bits per heavy atom. The Balaban J connectivity index is 1.07. The van der Waals surface area contributed by atoms with Crippen LogP contribution in [0.25, 0.3) is 66.8 Å². The zero-order chi connectivity index (χ0) is 52.0. The van der Waals surface area contributed by atoms with E-state index in [4.69, 9.17) is 0 Å². The minimum atomic E-state index is 0.575. The van der Waals surface area contributed by atoms with Crippen LogP contribution in [0.5, 0.6) is 0 Å². The van der Waals surface area contributed by atoms with Crippen LogP contribution in [0.4, 0.5) is 0 Å². The normalized spacial score (nSPS) is 20.0. The standard InChI is InChI=1S/C78H90/c1-7-27-55(28-8-1)61-47-62(56-29-9-2-10-30-56)50-65(49-61)69-41-21-25-45-73(69)77-53-76(72-44-24-20-40-68(72)60-37-17-6-18-38-60)78(54-75(77)71-43-23-19-39-67(71)59-35-15-5-16-36-59)74-46-26-22-42-70(74)66-51-63(57-31-11-3-12-32-57)48-64(52-66)58-33-13-4-14-34-58/h19-26,39-60H,1-18,27-38H2. The van der Waals surface area contributed by atoms with Crippen molar-refractivity contribution in [3.63, 3.8) is 0 Å². The predicted molar refractivity (Wildman–Crippen MR) is 334 cm³/mol. The van der Waals surface area contributed by atoms with Crippen LogP contribution < -0.4 is 0 Å². The van der Waals surface area contributed by atoms with E-state index < -0.39 is 0 Å². The van der Waals surface area contributed by atoms with E-state index in [1.165, 1.54) is 259 Å². The molecule has 0 N–H and O–H groups in total. The second kappa shape index (κ2) is 24.5. The molecule has 13 rings (SSSR count). The van der Waals surface area contributed by atoms with Crippen molar-refractivity contribution in [2.24, 2.45) is 0 Å². The van der Waals surface area contributed by atoms with E-state index in [2.05, 4.69) is 146 Å². The average Bonchev–Trinajstić information content (AvgIpc) is 3.65. The van der Waals surface area contributed by atoms with Crippen molar-refractivity contribution in [3.05, 3.63) is 179 Å². The molecule has 0 spiro atoms. The van der Waals surface area contributed by atoms with E-state index in [9.17, 15) is 0 Å². The third kappa shape index (κ3) is 11.2. The molecule has 6 aliphatic rings. The van der Waals surface area contributed by atoms with Gasteiger partial charge in [0.05, 0.1) is 0 Å². The summed E-state index contributed by atoms with van der Waals surface area (Å²) in [6.45, 7) is 0. The summed E-state index contributed by atoms with van der Waals surface area (Å²) in [4.78, 5) is 0. The van der Waals surface area contributed by atoms with Crippen LogP contribution in [0, 0.1) is 0 Å². The van der Waals surface area contributed by atoms with E-state index in [0.717, 1.165) is 0 Å². The molecule has 0 aliphatic heterocycles. The molecule has 6 fully saturated rings. The van der Waals surface area contributed by atoms with Gasteiger partial charge in [-0.25, -0.2) is 0 Å². The summed E-state index contributed by atoms with van der Waals surface area (Å²) in [5.74, 6) is 3.80. The molecule has 0 aromatic heterocycles. The van der Waals surface area contributed by atoms with Gasteiger partial charge in [0.1, 0.15) is 0 Å². The molecule has 7 aromatic rings. The Labute approximate surface area is 471 Å². The lowest BCUT2D eigenvalue weighted by molar-refractivity contribution is 0.435. The van der Waals surface area contributed by atoms with Crippen LogP contribution in [-0.2, 0) is 0 Å². The highest BCUT2D eigenvalue weighted by molar-refractivity contribution is 6.02. The second-order valence-corrected chi connectivity index (χ2v) is 26.0. The fourth-order valence-electron chi connectivity index (χ4n) is 16.8. The molecule has 0 heterocycles. The Kier molecular flexibility index (Phi) is 16.3. The van der Waals surface area contributed by atoms with E-state index in [-0.39, 0.29) is 0 Å². The summed E-state index contributed by atoms with van der Waals surface area (Å²) >= 11 is 0. The molecule has 0 heteroatoms. The zero-order valence-corrected chi connectivity index (χ0v) is 47.5. The van der Waals surface area contributed by atoms with Crippen LogP contribution in [0.15, 0.2) is 146 Å². The van der Waals surface area contributed by atoms with Crippen molar-refractivity contribution >= 4 is 0 Å². The Hall–Kier alpha value is -5.46. The first-order valence-corrected chi connectivity index (χ1v) is 32.6. The van der Waals surface area contributed by atoms with Crippen LogP contribution in [-0.4, -0.2) is 0 Å². The summed E-state index contributed by atoms with van der Waals surface area (Å²) in [5.41, 5.74) is 26.5. The SMILES string of the molecule is c1ccc(-c2cc(-c3ccccc3C3CCCCC3)c(-c3ccccc3-c3cc(C4CCCCC4)cc(C4CCCCC4)c3)cc2-c2ccccc2C2CCCCC2)c(-c2cc(C3CCCCC3)cc(C3CCCCC3)c2)c1. The molecule has 0 amide bonds. The average molecular weight is 1030 g/mol. The van der Waals surface area contributed by atoms with Crippen molar-refractivity contribution in [1.82, 2.24) is 0 Å². The molecule has 78 heavy (non-hydrogen) atoms. The van der Waals surface area contributed by atoms with Crippen molar-refractivity contribution < 1.29 is 0 Å². The van der Waals surface area contributed by atoms with E-state index in [0.29, 0.717) is 35.5 Å². The predicted octanol–water partition coefficient (Wildman–Crippen LogP) is 24.0. The lowest BCUT2D eigenvalue weighted by Gasteiger charge is -2.29. The topological polar surface area (TPSA) is 0 Å². The van der Waals surface area contributed by atoms with Crippen LogP contribution >= 0.6 is 0 Å². The molecule has 6 saturated carbocycles. The highest BCUT2D eigenvalue weighted by Crippen LogP contribution is 2.52. The third-order valence-corrected chi connectivity index (χ3v) is 21.1. The quantitative estimate of drug-likeness (QED) is 0.114. The van der Waals surface area contributed by atoms with Gasteiger partial charge in [-0.2, -0.15) is 0 Å². The Bertz CT molecular complexity index is 2840. The highest BCUT2D eigenvalue weighted by atomic mass is 14.3. The minimum Gasteiger partial charge on any atom is -0.0619 e. The van der Waals surface area contributed by atoms with Gasteiger partial charge in [-0.1, -0.05) is 249 Å². The molecule has 0 radical (unpaired) electrons. The van der Waals surface area contributed by atoms with Crippen LogP contribution in [0.2, 0.25) is 0 Å². The number of rotatable bonds is 12. The molecule has 0 nitrogen and oxygen atoms in total. The number of hydrogen-bond donors (Lipinski definition) is 0. The first-order chi connectivity index (χ1) is 38.7. The molecule has 0 atom stereocenters. The largest absolute Gasteiger partial charge is 0.0619 e. The fraction of sp³-hybridized carbons (Fsp3) is 0.462. The van der Waals surface area contributed by atoms with Gasteiger partial charge in [-0.05, 0) is 225 Å². The first-order valence-electron chi connectivity index (χ1n) is 32.6. The van der Waals surface area contributed by atoms with Crippen molar-refractivity contribution in [3.8, 4) is 66.8 Å². The molecular weight excluding hydrogens is 937 g/mol. The smallest absolute Gasteiger partial charge is 0.00925 e. The van der Waals surface area contributed by atoms with Gasteiger partial charge < -0.3 is 0 Å². The molecule has 6 aliphatic carbocycles. The Morgan fingerprint density at radius 2 is 0.410 bits per heavy atom. The van der Waals surface area contributed by atoms with Gasteiger partial charge in [0, 0.05) is 0 Å². The fourth-order valence-corrected chi connectivity index (χ4v) is 16.8. The van der Waals surface area contributed by atoms with Gasteiger partial charge in [0.2, 0.25) is 0 Å². The Morgan fingerprint density at radius 1 is 0.179 bits per heavy atom. The van der Waals surface area contributed by atoms with E-state index >= 15 is 0 Å². The van der Waals surface area contributed by atoms with Gasteiger partial charge in [0.15, 0.2) is 0 Å². The van der Waals surface area contributed by atoms with Crippen LogP contribution in [0.1, 0.15) is 262 Å². The van der Waals surface area contributed by atoms with Crippen molar-refractivity contribution in [2.75, 3.05) is 0 Å². The van der Waals surface area contributed by atoms with Gasteiger partial charge >= 0.3 is 0 Å². The summed E-state index contributed by atoms with van der Waals surface area (Å²) in [6, 6.07) is 60.5. The second-order valence-electron chi connectivity index (χ2n) is 26.0. The summed E-state index contributed by atoms with van der Waals surface area (Å²) in [5, 5.41) is 0. The molecule has 7 aromatic carbocycles. The summed E-state index contributed by atoms with van der Waals surface area (Å²) < 4.78 is 0. The van der Waals surface area contributed by atoms with Gasteiger partial charge in [-0.3, -0.25) is 0 Å². The van der Waals surface area contributed by atoms with Crippen molar-refractivity contribution in [1.29, 1.82) is 0 Å². The zero-order valence-electron chi connectivity index (χ0n) is 47.5. The minimum absolute atomic E-state index is 0.575. The summed E-state index contributed by atoms with van der Waals surface area (Å²) in [6.07, 6.45) is 40.3. The highest BCUT2D eigenvalue weighted by Gasteiger charge is 2.29. The molecule has 402 valence electrons. The third-order valence-electron chi connectivity index (χ3n) is 21.1. The maximum absolute atomic E-state index is 2.75. The number of benzene rings is 7. The monoisotopic (exact) mass is 1030 g/mol. The van der Waals surface area contributed by atoms with E-state index in [1.807, 2.05) is 0 Å². The first kappa shape index (κ1) is 51.9. The lowest BCUT2D eigenvalue weighted by atomic mass is 9.75. The van der Waals surface area contributed by atoms with E-state index in [1.54, 1.807) is 33.4 Å². The van der Waals surface area contributed by atoms with Crippen LogP contribution in [0.3, 0.4) is 0 Å². The molecule has 0 unspecified atom stereocenters. The number of hydrogen-bond acceptors (Lipinski definition) is 0. The van der Waals surface area contributed by atoms with Crippen molar-refractivity contribution in [2.45, 2.75) is 228 Å². The van der Waals surface area contributed by atoms with Gasteiger partial charge in [-0.15, -0.1) is 0 Å². The molecule has 0 saturated heterocycles. The lowest BCUT2D eigenvalue weighted by Crippen LogP contribution is -2.09. The maximum atomic E-state index is 2.75. The summed E-state index contributed by atoms with van der Waals surface area (Å²) in [7, 11) is 0. The molecule has 0 bridgehead atoms.